The van der Waals surface area contributed by atoms with Crippen molar-refractivity contribution < 1.29 is 5.11 Å². The summed E-state index contributed by atoms with van der Waals surface area (Å²) in [6.07, 6.45) is 2.61. The van der Waals surface area contributed by atoms with Gasteiger partial charge < -0.3 is 10.4 Å². The molecule has 0 radical (unpaired) electrons. The number of piperazine rings is 1. The van der Waals surface area contributed by atoms with Gasteiger partial charge in [-0.15, -0.1) is 31.4 Å². The van der Waals surface area contributed by atoms with E-state index in [1.165, 1.54) is 0 Å². The van der Waals surface area contributed by atoms with E-state index >= 15 is 0 Å². The van der Waals surface area contributed by atoms with Crippen LogP contribution in [0.4, 0.5) is 0 Å². The molecule has 0 aromatic heterocycles. The lowest BCUT2D eigenvalue weighted by Gasteiger charge is -2.35. The predicted octanol–water partition coefficient (Wildman–Crippen LogP) is 3.39. The first-order chi connectivity index (χ1) is 9.67. The molecule has 0 amide bonds. The fourth-order valence-electron chi connectivity index (χ4n) is 2.56. The van der Waals surface area contributed by atoms with Crippen LogP contribution in [0, 0.1) is 11.3 Å². The number of hydrogen-bond acceptors (Lipinski definition) is 4. The lowest BCUT2D eigenvalue weighted by Crippen LogP contribution is -2.45. The third kappa shape index (κ3) is 4.87. The molecule has 1 aliphatic heterocycles. The SMILES string of the molecule is C=CC[C@H](c1cc(C#N)cc(Br)c1O)N1CCNCC1.Cl.Cl. The number of nitrogens with zero attached hydrogens (tertiary/aromatic N) is 2. The summed E-state index contributed by atoms with van der Waals surface area (Å²) in [6, 6.07) is 5.61. The van der Waals surface area contributed by atoms with Crippen LogP contribution < -0.4 is 5.32 Å². The van der Waals surface area contributed by atoms with Crippen LogP contribution in [-0.2, 0) is 0 Å². The Balaban J connectivity index is 0.00000220. The lowest BCUT2D eigenvalue weighted by molar-refractivity contribution is 0.172. The van der Waals surface area contributed by atoms with E-state index in [9.17, 15) is 5.11 Å². The Morgan fingerprint density at radius 1 is 1.41 bits per heavy atom. The van der Waals surface area contributed by atoms with Gasteiger partial charge in [0.2, 0.25) is 0 Å². The van der Waals surface area contributed by atoms with E-state index in [1.54, 1.807) is 12.1 Å². The van der Waals surface area contributed by atoms with E-state index < -0.39 is 0 Å². The Morgan fingerprint density at radius 3 is 2.59 bits per heavy atom. The molecule has 22 heavy (non-hydrogen) atoms. The number of rotatable bonds is 4. The number of hydrogen-bond donors (Lipinski definition) is 2. The molecule has 2 N–H and O–H groups in total. The minimum Gasteiger partial charge on any atom is -0.506 e. The Hall–Kier alpha value is -0.770. The van der Waals surface area contributed by atoms with E-state index in [0.29, 0.717) is 10.0 Å². The largest absolute Gasteiger partial charge is 0.506 e. The van der Waals surface area contributed by atoms with E-state index in [-0.39, 0.29) is 36.6 Å². The van der Waals surface area contributed by atoms with Gasteiger partial charge in [-0.3, -0.25) is 4.90 Å². The van der Waals surface area contributed by atoms with Gasteiger partial charge in [0.15, 0.2) is 0 Å². The maximum absolute atomic E-state index is 10.3. The van der Waals surface area contributed by atoms with Crippen LogP contribution in [0.5, 0.6) is 5.75 Å². The van der Waals surface area contributed by atoms with E-state index in [2.05, 4.69) is 38.8 Å². The topological polar surface area (TPSA) is 59.3 Å². The molecule has 1 aliphatic rings. The number of aromatic hydroxyl groups is 1. The third-order valence-corrected chi connectivity index (χ3v) is 4.17. The van der Waals surface area contributed by atoms with Gasteiger partial charge in [-0.25, -0.2) is 0 Å². The normalized spacial score (nSPS) is 15.8. The maximum Gasteiger partial charge on any atom is 0.134 e. The zero-order chi connectivity index (χ0) is 14.5. The van der Waals surface area contributed by atoms with Crippen molar-refractivity contribution in [2.75, 3.05) is 26.2 Å². The van der Waals surface area contributed by atoms with Crippen LogP contribution >= 0.6 is 40.7 Å². The highest BCUT2D eigenvalue weighted by Crippen LogP contribution is 2.37. The van der Waals surface area contributed by atoms with Crippen LogP contribution in [0.25, 0.3) is 0 Å². The average molecular weight is 409 g/mol. The monoisotopic (exact) mass is 407 g/mol. The second-order valence-electron chi connectivity index (χ2n) is 4.83. The molecular formula is C15H20BrCl2N3O. The first-order valence-corrected chi connectivity index (χ1v) is 7.45. The van der Waals surface area contributed by atoms with Crippen LogP contribution in [0.2, 0.25) is 0 Å². The molecule has 1 heterocycles. The third-order valence-electron chi connectivity index (χ3n) is 3.56. The van der Waals surface area contributed by atoms with Gasteiger partial charge >= 0.3 is 0 Å². The van der Waals surface area contributed by atoms with Crippen LogP contribution in [-0.4, -0.2) is 36.2 Å². The summed E-state index contributed by atoms with van der Waals surface area (Å²) in [5.74, 6) is 0.217. The molecule has 0 unspecified atom stereocenters. The highest BCUT2D eigenvalue weighted by molar-refractivity contribution is 9.10. The summed E-state index contributed by atoms with van der Waals surface area (Å²) in [6.45, 7) is 7.54. The van der Waals surface area contributed by atoms with Crippen molar-refractivity contribution in [3.05, 3.63) is 40.4 Å². The molecular weight excluding hydrogens is 389 g/mol. The number of phenolic OH excluding ortho intramolecular Hbond substituents is 1. The van der Waals surface area contributed by atoms with Crippen molar-refractivity contribution in [2.24, 2.45) is 0 Å². The Labute approximate surface area is 152 Å². The average Bonchev–Trinajstić information content (AvgIpc) is 2.48. The standard InChI is InChI=1S/C15H18BrN3O.2ClH/c1-2-3-14(19-6-4-18-5-7-19)12-8-11(10-17)9-13(16)15(12)20;;/h2,8-9,14,18,20H,1,3-7H2;2*1H/t14-;;/m1../s1. The molecule has 122 valence electrons. The lowest BCUT2D eigenvalue weighted by atomic mass is 9.98. The van der Waals surface area contributed by atoms with Gasteiger partial charge in [-0.2, -0.15) is 5.26 Å². The van der Waals surface area contributed by atoms with Crippen LogP contribution in [0.15, 0.2) is 29.3 Å². The van der Waals surface area contributed by atoms with Gasteiger partial charge in [0.1, 0.15) is 5.75 Å². The van der Waals surface area contributed by atoms with Crippen LogP contribution in [0.1, 0.15) is 23.6 Å². The van der Waals surface area contributed by atoms with Crippen molar-refractivity contribution in [3.8, 4) is 11.8 Å². The number of phenols is 1. The van der Waals surface area contributed by atoms with Gasteiger partial charge in [0, 0.05) is 37.8 Å². The minimum atomic E-state index is 0. The van der Waals surface area contributed by atoms with Gasteiger partial charge in [0.25, 0.3) is 0 Å². The molecule has 4 nitrogen and oxygen atoms in total. The maximum atomic E-state index is 10.3. The Bertz CT molecular complexity index is 542. The zero-order valence-corrected chi connectivity index (χ0v) is 15.3. The molecule has 1 aromatic rings. The van der Waals surface area contributed by atoms with Crippen molar-refractivity contribution in [2.45, 2.75) is 12.5 Å². The molecule has 7 heteroatoms. The molecule has 2 rings (SSSR count). The second kappa shape index (κ2) is 10.1. The van der Waals surface area contributed by atoms with Crippen molar-refractivity contribution >= 4 is 40.7 Å². The van der Waals surface area contributed by atoms with Gasteiger partial charge in [-0.1, -0.05) is 6.08 Å². The second-order valence-corrected chi connectivity index (χ2v) is 5.69. The quantitative estimate of drug-likeness (QED) is 0.749. The Kier molecular flexibility index (Phi) is 9.74. The van der Waals surface area contributed by atoms with Crippen molar-refractivity contribution in [3.63, 3.8) is 0 Å². The van der Waals surface area contributed by atoms with Gasteiger partial charge in [0.05, 0.1) is 16.1 Å². The smallest absolute Gasteiger partial charge is 0.134 e. The molecule has 1 saturated heterocycles. The summed E-state index contributed by atoms with van der Waals surface area (Å²) in [5.41, 5.74) is 1.34. The number of halogens is 3. The highest BCUT2D eigenvalue weighted by atomic mass is 79.9. The minimum absolute atomic E-state index is 0. The van der Waals surface area contributed by atoms with Crippen LogP contribution in [0.3, 0.4) is 0 Å². The van der Waals surface area contributed by atoms with Gasteiger partial charge in [-0.05, 0) is 34.5 Å². The van der Waals surface area contributed by atoms with Crippen molar-refractivity contribution in [1.82, 2.24) is 10.2 Å². The van der Waals surface area contributed by atoms with E-state index in [1.807, 2.05) is 6.08 Å². The zero-order valence-electron chi connectivity index (χ0n) is 12.1. The molecule has 0 aliphatic carbocycles. The first kappa shape index (κ1) is 21.2. The molecule has 0 bridgehead atoms. The summed E-state index contributed by atoms with van der Waals surface area (Å²) in [5, 5.41) is 22.7. The number of nitrogens with one attached hydrogen (secondary N) is 1. The molecule has 1 aromatic carbocycles. The first-order valence-electron chi connectivity index (χ1n) is 6.65. The van der Waals surface area contributed by atoms with E-state index in [4.69, 9.17) is 5.26 Å². The number of nitriles is 1. The summed E-state index contributed by atoms with van der Waals surface area (Å²) >= 11 is 3.32. The summed E-state index contributed by atoms with van der Waals surface area (Å²) < 4.78 is 0.566. The molecule has 1 fully saturated rings. The molecule has 1 atom stereocenters. The summed E-state index contributed by atoms with van der Waals surface area (Å²) in [7, 11) is 0. The fraction of sp³-hybridized carbons (Fsp3) is 0.400. The number of benzene rings is 1. The molecule has 0 saturated carbocycles. The summed E-state index contributed by atoms with van der Waals surface area (Å²) in [4.78, 5) is 2.32. The predicted molar refractivity (Wildman–Crippen MR) is 97.0 cm³/mol. The Morgan fingerprint density at radius 2 is 2.05 bits per heavy atom. The molecule has 0 spiro atoms. The van der Waals surface area contributed by atoms with Crippen molar-refractivity contribution in [1.29, 1.82) is 5.26 Å². The fourth-order valence-corrected chi connectivity index (χ4v) is 3.04. The highest BCUT2D eigenvalue weighted by Gasteiger charge is 2.24. The van der Waals surface area contributed by atoms with E-state index in [0.717, 1.165) is 38.2 Å².